The van der Waals surface area contributed by atoms with Crippen LogP contribution in [-0.2, 0) is 4.74 Å². The minimum atomic E-state index is -0.229. The van der Waals surface area contributed by atoms with Gasteiger partial charge in [-0.15, -0.1) is 0 Å². The van der Waals surface area contributed by atoms with Crippen LogP contribution in [0.5, 0.6) is 0 Å². The normalized spacial score (nSPS) is 14.8. The predicted molar refractivity (Wildman–Crippen MR) is 51.5 cm³/mol. The van der Waals surface area contributed by atoms with E-state index in [1.807, 2.05) is 0 Å². The monoisotopic (exact) mass is 182 g/mol. The van der Waals surface area contributed by atoms with Gasteiger partial charge in [-0.3, -0.25) is 4.79 Å². The first-order chi connectivity index (χ1) is 6.30. The van der Waals surface area contributed by atoms with Crippen molar-refractivity contribution in [2.45, 2.75) is 12.8 Å². The molecule has 0 amide bonds. The first-order valence-electron chi connectivity index (χ1n) is 4.31. The Labute approximate surface area is 76.7 Å². The topological polar surface area (TPSA) is 68.1 Å². The standard InChI is InChI=1S/C5H6N2O.C4H8O/c6-4-2-1-3-7-5(4)8;1-2-4-5-3-1/h1-3H,6H2,(H,7,8);1-4H2. The molecule has 13 heavy (non-hydrogen) atoms. The molecular formula is C9H14N2O2. The van der Waals surface area contributed by atoms with Gasteiger partial charge < -0.3 is 15.5 Å². The molecule has 1 saturated heterocycles. The van der Waals surface area contributed by atoms with E-state index in [0.29, 0.717) is 0 Å². The fraction of sp³-hybridized carbons (Fsp3) is 0.444. The highest BCUT2D eigenvalue weighted by Gasteiger charge is 1.94. The van der Waals surface area contributed by atoms with Gasteiger partial charge in [0.2, 0.25) is 0 Å². The summed E-state index contributed by atoms with van der Waals surface area (Å²) in [6.45, 7) is 2.00. The van der Waals surface area contributed by atoms with Crippen molar-refractivity contribution in [1.29, 1.82) is 0 Å². The van der Waals surface area contributed by atoms with Gasteiger partial charge in [0.25, 0.3) is 5.56 Å². The summed E-state index contributed by atoms with van der Waals surface area (Å²) in [4.78, 5) is 12.9. The second-order valence-electron chi connectivity index (χ2n) is 2.77. The van der Waals surface area contributed by atoms with E-state index < -0.39 is 0 Å². The van der Waals surface area contributed by atoms with Crippen molar-refractivity contribution in [2.24, 2.45) is 0 Å². The number of H-pyrrole nitrogens is 1. The zero-order valence-corrected chi connectivity index (χ0v) is 7.45. The molecule has 3 N–H and O–H groups in total. The van der Waals surface area contributed by atoms with Crippen molar-refractivity contribution < 1.29 is 4.74 Å². The van der Waals surface area contributed by atoms with Crippen LogP contribution < -0.4 is 11.3 Å². The molecule has 1 aliphatic heterocycles. The zero-order valence-electron chi connectivity index (χ0n) is 7.45. The lowest BCUT2D eigenvalue weighted by molar-refractivity contribution is 0.198. The Morgan fingerprint density at radius 1 is 1.38 bits per heavy atom. The average molecular weight is 182 g/mol. The highest BCUT2D eigenvalue weighted by Crippen LogP contribution is 1.98. The molecular weight excluding hydrogens is 168 g/mol. The van der Waals surface area contributed by atoms with Crippen LogP contribution in [-0.4, -0.2) is 18.2 Å². The van der Waals surface area contributed by atoms with Crippen molar-refractivity contribution in [3.05, 3.63) is 28.7 Å². The number of nitrogens with one attached hydrogen (secondary N) is 1. The fourth-order valence-corrected chi connectivity index (χ4v) is 0.945. The number of pyridine rings is 1. The minimum Gasteiger partial charge on any atom is -0.394 e. The van der Waals surface area contributed by atoms with Crippen LogP contribution >= 0.6 is 0 Å². The largest absolute Gasteiger partial charge is 0.394 e. The van der Waals surface area contributed by atoms with Crippen molar-refractivity contribution >= 4 is 5.69 Å². The van der Waals surface area contributed by atoms with Gasteiger partial charge in [-0.1, -0.05) is 0 Å². The van der Waals surface area contributed by atoms with Crippen LogP contribution in [0.4, 0.5) is 5.69 Å². The Morgan fingerprint density at radius 3 is 2.38 bits per heavy atom. The third kappa shape index (κ3) is 3.75. The van der Waals surface area contributed by atoms with Gasteiger partial charge in [-0.05, 0) is 25.0 Å². The lowest BCUT2D eigenvalue weighted by Gasteiger charge is -1.84. The third-order valence-corrected chi connectivity index (χ3v) is 1.68. The summed E-state index contributed by atoms with van der Waals surface area (Å²) >= 11 is 0. The van der Waals surface area contributed by atoms with Gasteiger partial charge in [0, 0.05) is 19.4 Å². The molecule has 1 aromatic rings. The zero-order chi connectivity index (χ0) is 9.52. The van der Waals surface area contributed by atoms with Crippen LogP contribution in [0.2, 0.25) is 0 Å². The number of anilines is 1. The van der Waals surface area contributed by atoms with Gasteiger partial charge in [0.15, 0.2) is 0 Å². The Balaban J connectivity index is 0.000000145. The number of nitrogens with two attached hydrogens (primary N) is 1. The molecule has 2 rings (SSSR count). The Kier molecular flexibility index (Phi) is 4.05. The minimum absolute atomic E-state index is 0.229. The summed E-state index contributed by atoms with van der Waals surface area (Å²) in [7, 11) is 0. The molecule has 0 radical (unpaired) electrons. The molecule has 4 nitrogen and oxygen atoms in total. The molecule has 0 atom stereocenters. The van der Waals surface area contributed by atoms with E-state index in [4.69, 9.17) is 10.5 Å². The molecule has 4 heteroatoms. The molecule has 0 bridgehead atoms. The van der Waals surface area contributed by atoms with E-state index in [1.165, 1.54) is 12.8 Å². The van der Waals surface area contributed by atoms with Crippen LogP contribution in [0.3, 0.4) is 0 Å². The molecule has 0 saturated carbocycles. The van der Waals surface area contributed by atoms with Crippen molar-refractivity contribution in [2.75, 3.05) is 18.9 Å². The molecule has 72 valence electrons. The van der Waals surface area contributed by atoms with Gasteiger partial charge in [0.1, 0.15) is 0 Å². The second kappa shape index (κ2) is 5.37. The first kappa shape index (κ1) is 9.80. The number of nitrogen functional groups attached to an aromatic ring is 1. The summed E-state index contributed by atoms with van der Waals surface area (Å²) in [5, 5.41) is 0. The summed E-state index contributed by atoms with van der Waals surface area (Å²) in [6, 6.07) is 3.23. The molecule has 0 aliphatic carbocycles. The third-order valence-electron chi connectivity index (χ3n) is 1.68. The smallest absolute Gasteiger partial charge is 0.271 e. The van der Waals surface area contributed by atoms with E-state index in [9.17, 15) is 4.79 Å². The molecule has 0 unspecified atom stereocenters. The van der Waals surface area contributed by atoms with E-state index in [1.54, 1.807) is 18.3 Å². The molecule has 2 heterocycles. The first-order valence-corrected chi connectivity index (χ1v) is 4.31. The highest BCUT2D eigenvalue weighted by atomic mass is 16.5. The van der Waals surface area contributed by atoms with Gasteiger partial charge in [-0.2, -0.15) is 0 Å². The number of aromatic amines is 1. The molecule has 1 aromatic heterocycles. The maximum absolute atomic E-state index is 10.4. The number of hydrogen-bond acceptors (Lipinski definition) is 3. The van der Waals surface area contributed by atoms with Gasteiger partial charge in [0.05, 0.1) is 5.69 Å². The second-order valence-corrected chi connectivity index (χ2v) is 2.77. The Bertz CT molecular complexity index is 284. The van der Waals surface area contributed by atoms with Crippen LogP contribution in [0.15, 0.2) is 23.1 Å². The molecule has 0 spiro atoms. The fourth-order valence-electron chi connectivity index (χ4n) is 0.945. The summed E-state index contributed by atoms with van der Waals surface area (Å²) in [5.41, 5.74) is 5.20. The van der Waals surface area contributed by atoms with Crippen molar-refractivity contribution in [3.63, 3.8) is 0 Å². The maximum Gasteiger partial charge on any atom is 0.271 e. The molecule has 0 aromatic carbocycles. The predicted octanol–water partition coefficient (Wildman–Crippen LogP) is 0.754. The lowest BCUT2D eigenvalue weighted by atomic mass is 10.4. The summed E-state index contributed by atoms with van der Waals surface area (Å²) in [6.07, 6.45) is 4.10. The van der Waals surface area contributed by atoms with Gasteiger partial charge >= 0.3 is 0 Å². The molecule has 1 fully saturated rings. The van der Waals surface area contributed by atoms with Crippen molar-refractivity contribution in [3.8, 4) is 0 Å². The lowest BCUT2D eigenvalue weighted by Crippen LogP contribution is -2.08. The SMILES string of the molecule is C1CCOC1.Nc1ccc[nH]c1=O. The number of hydrogen-bond donors (Lipinski definition) is 2. The average Bonchev–Trinajstić information content (AvgIpc) is 2.68. The van der Waals surface area contributed by atoms with Crippen molar-refractivity contribution in [1.82, 2.24) is 4.98 Å². The maximum atomic E-state index is 10.4. The van der Waals surface area contributed by atoms with Crippen LogP contribution in [0, 0.1) is 0 Å². The van der Waals surface area contributed by atoms with E-state index in [2.05, 4.69) is 4.98 Å². The number of ether oxygens (including phenoxy) is 1. The Hall–Kier alpha value is -1.29. The van der Waals surface area contributed by atoms with Crippen LogP contribution in [0.1, 0.15) is 12.8 Å². The van der Waals surface area contributed by atoms with E-state index in [0.717, 1.165) is 13.2 Å². The van der Waals surface area contributed by atoms with Gasteiger partial charge in [-0.25, -0.2) is 0 Å². The molecule has 1 aliphatic rings. The number of rotatable bonds is 0. The van der Waals surface area contributed by atoms with E-state index in [-0.39, 0.29) is 11.2 Å². The highest BCUT2D eigenvalue weighted by molar-refractivity contribution is 5.32. The Morgan fingerprint density at radius 2 is 2.08 bits per heavy atom. The van der Waals surface area contributed by atoms with Crippen LogP contribution in [0.25, 0.3) is 0 Å². The van der Waals surface area contributed by atoms with E-state index >= 15 is 0 Å². The number of aromatic nitrogens is 1. The summed E-state index contributed by atoms with van der Waals surface area (Å²) in [5.74, 6) is 0. The summed E-state index contributed by atoms with van der Waals surface area (Å²) < 4.78 is 4.94. The quantitative estimate of drug-likeness (QED) is 0.622.